The molecule has 0 radical (unpaired) electrons. The van der Waals surface area contributed by atoms with Crippen LogP contribution in [0.5, 0.6) is 0 Å². The Morgan fingerprint density at radius 3 is 3.16 bits per heavy atom. The molecule has 1 fully saturated rings. The molecule has 2 N–H and O–H groups in total. The lowest BCUT2D eigenvalue weighted by Crippen LogP contribution is -2.45. The number of hydrogen-bond donors (Lipinski definition) is 2. The van der Waals surface area contributed by atoms with E-state index in [1.807, 2.05) is 6.07 Å². The minimum atomic E-state index is -0.0141. The van der Waals surface area contributed by atoms with Gasteiger partial charge in [-0.25, -0.2) is 0 Å². The van der Waals surface area contributed by atoms with Crippen molar-refractivity contribution in [3.8, 4) is 0 Å². The molecule has 1 aliphatic heterocycles. The van der Waals surface area contributed by atoms with Crippen molar-refractivity contribution in [2.24, 2.45) is 0 Å². The highest BCUT2D eigenvalue weighted by atomic mass is 16.3. The molecule has 4 nitrogen and oxygen atoms in total. The van der Waals surface area contributed by atoms with Gasteiger partial charge < -0.3 is 15.1 Å². The predicted octanol–water partition coefficient (Wildman–Crippen LogP) is 2.31. The standard InChI is InChI=1S/C15H22N2O2/c18-15(13-5-2-1-3-9-16-13)17-12-6-4-7-14-11(12)8-10-19-14/h8,10,12-13,16H,1-7,9H2,(H,17,18). The summed E-state index contributed by atoms with van der Waals surface area (Å²) < 4.78 is 5.47. The summed E-state index contributed by atoms with van der Waals surface area (Å²) in [5.74, 6) is 1.20. The van der Waals surface area contributed by atoms with Crippen molar-refractivity contribution >= 4 is 5.91 Å². The maximum absolute atomic E-state index is 12.3. The lowest BCUT2D eigenvalue weighted by atomic mass is 9.93. The van der Waals surface area contributed by atoms with E-state index in [2.05, 4.69) is 10.6 Å². The minimum Gasteiger partial charge on any atom is -0.469 e. The fourth-order valence-electron chi connectivity index (χ4n) is 3.16. The normalized spacial score (nSPS) is 27.4. The first kappa shape index (κ1) is 12.7. The number of carbonyl (C=O) groups excluding carboxylic acids is 1. The number of aryl methyl sites for hydroxylation is 1. The number of amides is 1. The molecule has 0 saturated carbocycles. The second-order valence-corrected chi connectivity index (χ2v) is 5.61. The van der Waals surface area contributed by atoms with Crippen molar-refractivity contribution in [1.82, 2.24) is 10.6 Å². The van der Waals surface area contributed by atoms with Crippen LogP contribution in [0.1, 0.15) is 55.9 Å². The molecule has 1 aliphatic carbocycles. The third kappa shape index (κ3) is 2.84. The van der Waals surface area contributed by atoms with Gasteiger partial charge in [0.15, 0.2) is 0 Å². The topological polar surface area (TPSA) is 54.3 Å². The molecule has 2 aliphatic rings. The van der Waals surface area contributed by atoms with Gasteiger partial charge in [-0.3, -0.25) is 4.79 Å². The molecule has 3 rings (SSSR count). The molecule has 1 amide bonds. The molecule has 19 heavy (non-hydrogen) atoms. The molecular formula is C15H22N2O2. The monoisotopic (exact) mass is 262 g/mol. The van der Waals surface area contributed by atoms with Crippen molar-refractivity contribution in [1.29, 1.82) is 0 Å². The molecule has 104 valence electrons. The van der Waals surface area contributed by atoms with Crippen LogP contribution in [0.25, 0.3) is 0 Å². The summed E-state index contributed by atoms with van der Waals surface area (Å²) >= 11 is 0. The average molecular weight is 262 g/mol. The number of nitrogens with one attached hydrogen (secondary N) is 2. The maximum Gasteiger partial charge on any atom is 0.237 e. The molecule has 4 heteroatoms. The summed E-state index contributed by atoms with van der Waals surface area (Å²) in [7, 11) is 0. The largest absolute Gasteiger partial charge is 0.469 e. The third-order valence-corrected chi connectivity index (χ3v) is 4.25. The average Bonchev–Trinajstić information content (AvgIpc) is 2.73. The van der Waals surface area contributed by atoms with Gasteiger partial charge in [0.1, 0.15) is 5.76 Å². The number of fused-ring (bicyclic) bond motifs is 1. The SMILES string of the molecule is O=C(NC1CCCc2occc21)C1CCCCCN1. The number of carbonyl (C=O) groups is 1. The van der Waals surface area contributed by atoms with Crippen LogP contribution in [-0.4, -0.2) is 18.5 Å². The van der Waals surface area contributed by atoms with E-state index in [1.165, 1.54) is 18.4 Å². The molecular weight excluding hydrogens is 240 g/mol. The van der Waals surface area contributed by atoms with Gasteiger partial charge in [0.2, 0.25) is 5.91 Å². The quantitative estimate of drug-likeness (QED) is 0.860. The molecule has 2 unspecified atom stereocenters. The Bertz CT molecular complexity index is 433. The Kier molecular flexibility index (Phi) is 3.87. The minimum absolute atomic E-state index is 0.0141. The fourth-order valence-corrected chi connectivity index (χ4v) is 3.16. The van der Waals surface area contributed by atoms with E-state index in [-0.39, 0.29) is 18.0 Å². The summed E-state index contributed by atoms with van der Waals surface area (Å²) in [5.41, 5.74) is 1.17. The molecule has 1 aromatic heterocycles. The van der Waals surface area contributed by atoms with Gasteiger partial charge in [-0.05, 0) is 38.3 Å². The van der Waals surface area contributed by atoms with Gasteiger partial charge in [0, 0.05) is 12.0 Å². The third-order valence-electron chi connectivity index (χ3n) is 4.25. The van der Waals surface area contributed by atoms with Crippen molar-refractivity contribution in [3.05, 3.63) is 23.7 Å². The van der Waals surface area contributed by atoms with Gasteiger partial charge in [-0.2, -0.15) is 0 Å². The molecule has 0 spiro atoms. The first-order chi connectivity index (χ1) is 9.34. The summed E-state index contributed by atoms with van der Waals surface area (Å²) in [4.78, 5) is 12.3. The Morgan fingerprint density at radius 1 is 1.26 bits per heavy atom. The van der Waals surface area contributed by atoms with Crippen molar-refractivity contribution in [2.45, 2.75) is 57.0 Å². The van der Waals surface area contributed by atoms with Crippen LogP contribution >= 0.6 is 0 Å². The van der Waals surface area contributed by atoms with E-state index in [1.54, 1.807) is 6.26 Å². The van der Waals surface area contributed by atoms with E-state index in [0.717, 1.165) is 44.4 Å². The summed E-state index contributed by atoms with van der Waals surface area (Å²) in [5, 5.41) is 6.55. The van der Waals surface area contributed by atoms with Crippen molar-refractivity contribution in [2.75, 3.05) is 6.54 Å². The highest BCUT2D eigenvalue weighted by molar-refractivity contribution is 5.82. The van der Waals surface area contributed by atoms with E-state index < -0.39 is 0 Å². The number of rotatable bonds is 2. The van der Waals surface area contributed by atoms with Crippen molar-refractivity contribution < 1.29 is 9.21 Å². The lowest BCUT2D eigenvalue weighted by molar-refractivity contribution is -0.124. The first-order valence-electron chi connectivity index (χ1n) is 7.44. The smallest absolute Gasteiger partial charge is 0.237 e. The zero-order valence-corrected chi connectivity index (χ0v) is 11.3. The van der Waals surface area contributed by atoms with Gasteiger partial charge in [-0.1, -0.05) is 12.8 Å². The number of furan rings is 1. The maximum atomic E-state index is 12.3. The van der Waals surface area contributed by atoms with Crippen LogP contribution in [0.4, 0.5) is 0 Å². The molecule has 0 aromatic carbocycles. The highest BCUT2D eigenvalue weighted by Crippen LogP contribution is 2.30. The van der Waals surface area contributed by atoms with Gasteiger partial charge in [-0.15, -0.1) is 0 Å². The molecule has 1 saturated heterocycles. The van der Waals surface area contributed by atoms with Crippen LogP contribution in [0, 0.1) is 0 Å². The van der Waals surface area contributed by atoms with E-state index in [4.69, 9.17) is 4.42 Å². The van der Waals surface area contributed by atoms with E-state index >= 15 is 0 Å². The van der Waals surface area contributed by atoms with Crippen LogP contribution in [-0.2, 0) is 11.2 Å². The van der Waals surface area contributed by atoms with Crippen LogP contribution in [0.3, 0.4) is 0 Å². The van der Waals surface area contributed by atoms with Gasteiger partial charge >= 0.3 is 0 Å². The molecule has 1 aromatic rings. The Hall–Kier alpha value is -1.29. The fraction of sp³-hybridized carbons (Fsp3) is 0.667. The zero-order chi connectivity index (χ0) is 13.1. The van der Waals surface area contributed by atoms with E-state index in [9.17, 15) is 4.79 Å². The zero-order valence-electron chi connectivity index (χ0n) is 11.3. The Balaban J connectivity index is 1.64. The van der Waals surface area contributed by atoms with Crippen molar-refractivity contribution in [3.63, 3.8) is 0 Å². The van der Waals surface area contributed by atoms with E-state index in [0.29, 0.717) is 0 Å². The molecule has 0 bridgehead atoms. The van der Waals surface area contributed by atoms with Crippen LogP contribution in [0.2, 0.25) is 0 Å². The van der Waals surface area contributed by atoms with Gasteiger partial charge in [0.25, 0.3) is 0 Å². The summed E-state index contributed by atoms with van der Waals surface area (Å²) in [6.07, 6.45) is 9.35. The Morgan fingerprint density at radius 2 is 2.21 bits per heavy atom. The highest BCUT2D eigenvalue weighted by Gasteiger charge is 2.27. The molecule has 2 atom stereocenters. The number of hydrogen-bond acceptors (Lipinski definition) is 3. The lowest BCUT2D eigenvalue weighted by Gasteiger charge is -2.25. The van der Waals surface area contributed by atoms with Gasteiger partial charge in [0.05, 0.1) is 18.3 Å². The van der Waals surface area contributed by atoms with Crippen LogP contribution < -0.4 is 10.6 Å². The second kappa shape index (κ2) is 5.78. The first-order valence-corrected chi connectivity index (χ1v) is 7.44. The van der Waals surface area contributed by atoms with Crippen LogP contribution in [0.15, 0.2) is 16.7 Å². The summed E-state index contributed by atoms with van der Waals surface area (Å²) in [6, 6.07) is 2.12. The summed E-state index contributed by atoms with van der Waals surface area (Å²) in [6.45, 7) is 0.958. The predicted molar refractivity (Wildman–Crippen MR) is 72.8 cm³/mol. The molecule has 2 heterocycles. The Labute approximate surface area is 113 Å². The second-order valence-electron chi connectivity index (χ2n) is 5.61.